The van der Waals surface area contributed by atoms with Crippen LogP contribution in [0.4, 0.5) is 17.1 Å². The Kier molecular flexibility index (Phi) is 9.04. The zero-order valence-corrected chi connectivity index (χ0v) is 24.8. The van der Waals surface area contributed by atoms with E-state index in [0.717, 1.165) is 29.5 Å². The Labute approximate surface area is 255 Å². The van der Waals surface area contributed by atoms with E-state index in [1.165, 1.54) is 42.5 Å². The maximum atomic E-state index is 13.8. The third kappa shape index (κ3) is 6.94. The van der Waals surface area contributed by atoms with E-state index in [0.29, 0.717) is 30.4 Å². The lowest BCUT2D eigenvalue weighted by Crippen LogP contribution is -2.46. The van der Waals surface area contributed by atoms with Gasteiger partial charge in [-0.3, -0.25) is 9.10 Å². The standard InChI is InChI=1S/C31H32N6O6S/c1-22-32-15-18-36(22)20-23-13-16-35(17-14-23)30(39)21-37(26-5-3-2-4-6-26)44(42,43)27-10-7-24(8-11-27)33-34-25-9-12-29(38)28(19-25)31(40)41/h2-12,15,18-19,23,38H,13-14,16-17,20-21H2,1H3,(H,40,41). The molecule has 1 aliphatic rings. The van der Waals surface area contributed by atoms with Crippen LogP contribution in [-0.4, -0.2) is 64.6 Å². The number of carbonyl (C=O) groups excluding carboxylic acids is 1. The summed E-state index contributed by atoms with van der Waals surface area (Å²) in [6, 6.07) is 18.0. The molecule has 0 saturated carbocycles. The van der Waals surface area contributed by atoms with Gasteiger partial charge in [-0.2, -0.15) is 10.2 Å². The van der Waals surface area contributed by atoms with Crippen molar-refractivity contribution in [3.8, 4) is 5.75 Å². The second-order valence-corrected chi connectivity index (χ2v) is 12.4. The first kappa shape index (κ1) is 30.4. The fraction of sp³-hybridized carbons (Fsp3) is 0.258. The van der Waals surface area contributed by atoms with E-state index in [4.69, 9.17) is 0 Å². The van der Waals surface area contributed by atoms with Crippen molar-refractivity contribution in [2.75, 3.05) is 23.9 Å². The highest BCUT2D eigenvalue weighted by atomic mass is 32.2. The van der Waals surface area contributed by atoms with Gasteiger partial charge in [0, 0.05) is 32.0 Å². The molecule has 1 aliphatic heterocycles. The molecular formula is C31H32N6O6S. The number of amides is 1. The molecule has 0 bridgehead atoms. The highest BCUT2D eigenvalue weighted by Crippen LogP contribution is 2.28. The number of aryl methyl sites for hydroxylation is 1. The number of likely N-dealkylation sites (tertiary alicyclic amines) is 1. The quantitative estimate of drug-likeness (QED) is 0.233. The number of carboxylic acids is 1. The summed E-state index contributed by atoms with van der Waals surface area (Å²) in [5.41, 5.74) is 0.584. The van der Waals surface area contributed by atoms with Gasteiger partial charge < -0.3 is 19.7 Å². The number of aromatic nitrogens is 2. The Hall–Kier alpha value is -5.04. The molecule has 0 aliphatic carbocycles. The molecule has 1 amide bonds. The normalized spacial score (nSPS) is 14.2. The van der Waals surface area contributed by atoms with Crippen LogP contribution in [0.5, 0.6) is 5.75 Å². The second-order valence-electron chi connectivity index (χ2n) is 10.5. The van der Waals surface area contributed by atoms with Crippen LogP contribution >= 0.6 is 0 Å². The molecule has 0 radical (unpaired) electrons. The molecule has 2 heterocycles. The zero-order valence-electron chi connectivity index (χ0n) is 24.0. The molecule has 4 aromatic rings. The molecule has 2 N–H and O–H groups in total. The van der Waals surface area contributed by atoms with Gasteiger partial charge in [0.25, 0.3) is 10.0 Å². The third-order valence-corrected chi connectivity index (χ3v) is 9.37. The van der Waals surface area contributed by atoms with Crippen molar-refractivity contribution in [2.24, 2.45) is 16.1 Å². The molecule has 13 heteroatoms. The molecule has 228 valence electrons. The summed E-state index contributed by atoms with van der Waals surface area (Å²) in [6.45, 7) is 3.56. The van der Waals surface area contributed by atoms with Crippen molar-refractivity contribution in [2.45, 2.75) is 31.2 Å². The molecule has 5 rings (SSSR count). The first-order chi connectivity index (χ1) is 21.1. The lowest BCUT2D eigenvalue weighted by atomic mass is 9.96. The Morgan fingerprint density at radius 2 is 1.64 bits per heavy atom. The van der Waals surface area contributed by atoms with Gasteiger partial charge in [0.15, 0.2) is 0 Å². The van der Waals surface area contributed by atoms with E-state index >= 15 is 0 Å². The number of azo groups is 1. The topological polar surface area (TPSA) is 158 Å². The average Bonchev–Trinajstić information content (AvgIpc) is 3.43. The van der Waals surface area contributed by atoms with Gasteiger partial charge in [0.05, 0.1) is 22.0 Å². The van der Waals surface area contributed by atoms with Gasteiger partial charge in [-0.25, -0.2) is 18.2 Å². The third-order valence-electron chi connectivity index (χ3n) is 7.59. The van der Waals surface area contributed by atoms with Crippen molar-refractivity contribution >= 4 is 39.0 Å². The smallest absolute Gasteiger partial charge is 0.339 e. The molecule has 3 aromatic carbocycles. The summed E-state index contributed by atoms with van der Waals surface area (Å²) in [7, 11) is -4.13. The van der Waals surface area contributed by atoms with E-state index in [1.54, 1.807) is 41.4 Å². The van der Waals surface area contributed by atoms with Gasteiger partial charge in [-0.05, 0) is 80.3 Å². The number of aromatic hydroxyl groups is 1. The molecule has 1 fully saturated rings. The zero-order chi connectivity index (χ0) is 31.3. The number of carboxylic acid groups (broad SMARTS) is 1. The highest BCUT2D eigenvalue weighted by molar-refractivity contribution is 7.92. The van der Waals surface area contributed by atoms with Crippen LogP contribution in [0.3, 0.4) is 0 Å². The predicted molar refractivity (Wildman–Crippen MR) is 163 cm³/mol. The number of benzene rings is 3. The van der Waals surface area contributed by atoms with Crippen LogP contribution in [-0.2, 0) is 21.4 Å². The predicted octanol–water partition coefficient (Wildman–Crippen LogP) is 5.14. The van der Waals surface area contributed by atoms with Crippen molar-refractivity contribution in [1.82, 2.24) is 14.5 Å². The number of hydrogen-bond donors (Lipinski definition) is 2. The van der Waals surface area contributed by atoms with Crippen molar-refractivity contribution in [1.29, 1.82) is 0 Å². The van der Waals surface area contributed by atoms with Crippen molar-refractivity contribution in [3.05, 3.63) is 96.6 Å². The number of para-hydroxylation sites is 1. The van der Waals surface area contributed by atoms with Crippen molar-refractivity contribution in [3.63, 3.8) is 0 Å². The Bertz CT molecular complexity index is 1760. The summed E-state index contributed by atoms with van der Waals surface area (Å²) in [5.74, 6) is -0.604. The first-order valence-electron chi connectivity index (χ1n) is 14.0. The van der Waals surface area contributed by atoms with Crippen LogP contribution < -0.4 is 4.31 Å². The van der Waals surface area contributed by atoms with Gasteiger partial charge in [-0.1, -0.05) is 18.2 Å². The summed E-state index contributed by atoms with van der Waals surface area (Å²) < 4.78 is 30.9. The molecule has 1 aromatic heterocycles. The number of anilines is 1. The number of sulfonamides is 1. The molecule has 0 spiro atoms. The SMILES string of the molecule is Cc1nccn1CC1CCN(C(=O)CN(c2ccccc2)S(=O)(=O)c2ccc(N=Nc3ccc(O)c(C(=O)O)c3)cc2)CC1. The van der Waals surface area contributed by atoms with Gasteiger partial charge >= 0.3 is 5.97 Å². The fourth-order valence-corrected chi connectivity index (χ4v) is 6.47. The second kappa shape index (κ2) is 13.1. The number of nitrogens with zero attached hydrogens (tertiary/aromatic N) is 6. The first-order valence-corrected chi connectivity index (χ1v) is 15.5. The molecule has 0 atom stereocenters. The van der Waals surface area contributed by atoms with Crippen LogP contribution in [0.15, 0.2) is 100 Å². The fourth-order valence-electron chi connectivity index (χ4n) is 5.06. The number of aromatic carboxylic acids is 1. The Morgan fingerprint density at radius 3 is 2.27 bits per heavy atom. The van der Waals surface area contributed by atoms with Gasteiger partial charge in [0.2, 0.25) is 5.91 Å². The van der Waals surface area contributed by atoms with E-state index < -0.39 is 21.7 Å². The largest absolute Gasteiger partial charge is 0.507 e. The summed E-state index contributed by atoms with van der Waals surface area (Å²) in [6.07, 6.45) is 5.37. The van der Waals surface area contributed by atoms with E-state index in [-0.39, 0.29) is 28.6 Å². The minimum Gasteiger partial charge on any atom is -0.507 e. The van der Waals surface area contributed by atoms with Gasteiger partial charge in [-0.15, -0.1) is 0 Å². The maximum absolute atomic E-state index is 13.8. The summed E-state index contributed by atoms with van der Waals surface area (Å²) in [5, 5.41) is 26.9. The van der Waals surface area contributed by atoms with Crippen LogP contribution in [0.2, 0.25) is 0 Å². The summed E-state index contributed by atoms with van der Waals surface area (Å²) in [4.78, 5) is 30.6. The Balaban J connectivity index is 1.29. The van der Waals surface area contributed by atoms with Crippen LogP contribution in [0.1, 0.15) is 29.0 Å². The van der Waals surface area contributed by atoms with Gasteiger partial charge in [0.1, 0.15) is 23.7 Å². The number of hydrogen-bond acceptors (Lipinski definition) is 8. The maximum Gasteiger partial charge on any atom is 0.339 e. The molecule has 1 saturated heterocycles. The number of rotatable bonds is 10. The monoisotopic (exact) mass is 616 g/mol. The minimum absolute atomic E-state index is 0.0275. The molecule has 44 heavy (non-hydrogen) atoms. The van der Waals surface area contributed by atoms with Crippen molar-refractivity contribution < 1.29 is 28.2 Å². The molecule has 0 unspecified atom stereocenters. The van der Waals surface area contributed by atoms with E-state index in [1.807, 2.05) is 13.1 Å². The molecule has 12 nitrogen and oxygen atoms in total. The van der Waals surface area contributed by atoms with E-state index in [2.05, 4.69) is 19.8 Å². The average molecular weight is 617 g/mol. The molecular weight excluding hydrogens is 584 g/mol. The number of piperidine rings is 1. The minimum atomic E-state index is -4.13. The highest BCUT2D eigenvalue weighted by Gasteiger charge is 2.30. The van der Waals surface area contributed by atoms with Crippen LogP contribution in [0, 0.1) is 12.8 Å². The Morgan fingerprint density at radius 1 is 0.977 bits per heavy atom. The lowest BCUT2D eigenvalue weighted by molar-refractivity contribution is -0.131. The van der Waals surface area contributed by atoms with E-state index in [9.17, 15) is 28.2 Å². The number of imidazole rings is 1. The van der Waals surface area contributed by atoms with Crippen LogP contribution in [0.25, 0.3) is 0 Å². The number of carbonyl (C=O) groups is 2. The lowest BCUT2D eigenvalue weighted by Gasteiger charge is -2.34. The summed E-state index contributed by atoms with van der Waals surface area (Å²) >= 11 is 0. The number of phenols is 1.